The van der Waals surface area contributed by atoms with Crippen LogP contribution in [0.25, 0.3) is 0 Å². The Kier molecular flexibility index (Phi) is 3.99. The molecule has 2 N–H and O–H groups in total. The first kappa shape index (κ1) is 13.1. The standard InChI is InChI=1S/C14H21N3O/c1-16(2)8-7-14(18)17-10-12(15)9-11-5-3-4-6-13(11)17/h3-6,12H,7-10,15H2,1-2H3. The molecule has 0 aromatic heterocycles. The Morgan fingerprint density at radius 2 is 2.17 bits per heavy atom. The van der Waals surface area contributed by atoms with Crippen LogP contribution in [-0.4, -0.2) is 44.0 Å². The lowest BCUT2D eigenvalue weighted by atomic mass is 9.98. The van der Waals surface area contributed by atoms with E-state index in [0.29, 0.717) is 13.0 Å². The van der Waals surface area contributed by atoms with Crippen molar-refractivity contribution in [2.75, 3.05) is 32.1 Å². The number of anilines is 1. The zero-order valence-electron chi connectivity index (χ0n) is 11.1. The van der Waals surface area contributed by atoms with Crippen molar-refractivity contribution in [1.29, 1.82) is 0 Å². The highest BCUT2D eigenvalue weighted by atomic mass is 16.2. The maximum absolute atomic E-state index is 12.3. The second-order valence-corrected chi connectivity index (χ2v) is 5.15. The number of hydrogen-bond donors (Lipinski definition) is 1. The third-order valence-corrected chi connectivity index (χ3v) is 3.26. The molecule has 0 saturated heterocycles. The van der Waals surface area contributed by atoms with Gasteiger partial charge in [-0.2, -0.15) is 0 Å². The van der Waals surface area contributed by atoms with Gasteiger partial charge in [-0.25, -0.2) is 0 Å². The van der Waals surface area contributed by atoms with Crippen LogP contribution in [0.5, 0.6) is 0 Å². The Morgan fingerprint density at radius 3 is 2.89 bits per heavy atom. The van der Waals surface area contributed by atoms with Crippen molar-refractivity contribution in [1.82, 2.24) is 4.90 Å². The molecule has 1 heterocycles. The molecule has 1 unspecified atom stereocenters. The van der Waals surface area contributed by atoms with Crippen molar-refractivity contribution in [3.05, 3.63) is 29.8 Å². The molecule has 0 spiro atoms. The topological polar surface area (TPSA) is 49.6 Å². The van der Waals surface area contributed by atoms with Crippen LogP contribution in [0.15, 0.2) is 24.3 Å². The van der Waals surface area contributed by atoms with Crippen molar-refractivity contribution in [2.45, 2.75) is 18.9 Å². The lowest BCUT2D eigenvalue weighted by Gasteiger charge is -2.33. The van der Waals surface area contributed by atoms with Gasteiger partial charge in [0, 0.05) is 31.2 Å². The van der Waals surface area contributed by atoms with E-state index < -0.39 is 0 Å². The van der Waals surface area contributed by atoms with E-state index in [-0.39, 0.29) is 11.9 Å². The van der Waals surface area contributed by atoms with Gasteiger partial charge < -0.3 is 15.5 Å². The van der Waals surface area contributed by atoms with Gasteiger partial charge in [0.15, 0.2) is 0 Å². The van der Waals surface area contributed by atoms with E-state index in [4.69, 9.17) is 5.73 Å². The lowest BCUT2D eigenvalue weighted by molar-refractivity contribution is -0.119. The summed E-state index contributed by atoms with van der Waals surface area (Å²) in [5.74, 6) is 0.159. The monoisotopic (exact) mass is 247 g/mol. The molecule has 98 valence electrons. The SMILES string of the molecule is CN(C)CCC(=O)N1CC(N)Cc2ccccc21. The zero-order chi connectivity index (χ0) is 13.1. The van der Waals surface area contributed by atoms with Crippen molar-refractivity contribution in [2.24, 2.45) is 5.73 Å². The van der Waals surface area contributed by atoms with Crippen LogP contribution in [0.3, 0.4) is 0 Å². The second-order valence-electron chi connectivity index (χ2n) is 5.15. The summed E-state index contributed by atoms with van der Waals surface area (Å²) < 4.78 is 0. The van der Waals surface area contributed by atoms with Gasteiger partial charge in [-0.3, -0.25) is 4.79 Å². The van der Waals surface area contributed by atoms with Crippen molar-refractivity contribution < 1.29 is 4.79 Å². The minimum absolute atomic E-state index is 0.0446. The summed E-state index contributed by atoms with van der Waals surface area (Å²) in [6.45, 7) is 1.40. The number of carbonyl (C=O) groups excluding carboxylic acids is 1. The summed E-state index contributed by atoms with van der Waals surface area (Å²) in [5.41, 5.74) is 8.24. The molecule has 0 fully saturated rings. The first-order valence-electron chi connectivity index (χ1n) is 6.36. The van der Waals surface area contributed by atoms with E-state index in [9.17, 15) is 4.79 Å². The molecular weight excluding hydrogens is 226 g/mol. The van der Waals surface area contributed by atoms with E-state index >= 15 is 0 Å². The van der Waals surface area contributed by atoms with Gasteiger partial charge in [-0.05, 0) is 32.1 Å². The average molecular weight is 247 g/mol. The van der Waals surface area contributed by atoms with Crippen LogP contribution in [0.2, 0.25) is 0 Å². The normalized spacial score (nSPS) is 18.9. The first-order valence-corrected chi connectivity index (χ1v) is 6.36. The number of fused-ring (bicyclic) bond motifs is 1. The molecule has 1 aliphatic heterocycles. The molecule has 0 radical (unpaired) electrons. The number of rotatable bonds is 3. The van der Waals surface area contributed by atoms with E-state index in [1.165, 1.54) is 5.56 Å². The van der Waals surface area contributed by atoms with Gasteiger partial charge in [-0.1, -0.05) is 18.2 Å². The summed E-state index contributed by atoms with van der Waals surface area (Å²) >= 11 is 0. The summed E-state index contributed by atoms with van der Waals surface area (Å²) in [4.78, 5) is 16.1. The molecule has 1 aromatic rings. The maximum atomic E-state index is 12.3. The van der Waals surface area contributed by atoms with Gasteiger partial charge >= 0.3 is 0 Å². The molecule has 0 saturated carbocycles. The van der Waals surface area contributed by atoms with E-state index in [2.05, 4.69) is 6.07 Å². The van der Waals surface area contributed by atoms with Crippen LogP contribution < -0.4 is 10.6 Å². The Balaban J connectivity index is 2.15. The van der Waals surface area contributed by atoms with Crippen LogP contribution >= 0.6 is 0 Å². The molecule has 1 aromatic carbocycles. The fraction of sp³-hybridized carbons (Fsp3) is 0.500. The van der Waals surface area contributed by atoms with Crippen molar-refractivity contribution in [3.8, 4) is 0 Å². The highest BCUT2D eigenvalue weighted by Gasteiger charge is 2.25. The second kappa shape index (κ2) is 5.50. The van der Waals surface area contributed by atoms with Gasteiger partial charge in [0.05, 0.1) is 0 Å². The first-order chi connectivity index (χ1) is 8.58. The molecule has 0 aliphatic carbocycles. The molecular formula is C14H21N3O. The molecule has 4 heteroatoms. The Hall–Kier alpha value is -1.39. The average Bonchev–Trinajstić information content (AvgIpc) is 2.34. The molecule has 1 amide bonds. The van der Waals surface area contributed by atoms with E-state index in [1.54, 1.807) is 0 Å². The maximum Gasteiger partial charge on any atom is 0.228 e. The Morgan fingerprint density at radius 1 is 1.44 bits per heavy atom. The van der Waals surface area contributed by atoms with Crippen LogP contribution in [0.1, 0.15) is 12.0 Å². The van der Waals surface area contributed by atoms with E-state index in [0.717, 1.165) is 18.7 Å². The van der Waals surface area contributed by atoms with Crippen LogP contribution in [-0.2, 0) is 11.2 Å². The largest absolute Gasteiger partial charge is 0.326 e. The molecule has 18 heavy (non-hydrogen) atoms. The predicted molar refractivity (Wildman–Crippen MR) is 73.6 cm³/mol. The van der Waals surface area contributed by atoms with Crippen LogP contribution in [0, 0.1) is 0 Å². The Labute approximate surface area is 108 Å². The number of hydrogen-bond acceptors (Lipinski definition) is 3. The number of nitrogens with two attached hydrogens (primary N) is 1. The predicted octanol–water partition coefficient (Wildman–Crippen LogP) is 0.855. The summed E-state index contributed by atoms with van der Waals surface area (Å²) in [6, 6.07) is 8.08. The molecule has 2 rings (SSSR count). The van der Waals surface area contributed by atoms with Crippen molar-refractivity contribution in [3.63, 3.8) is 0 Å². The molecule has 1 atom stereocenters. The molecule has 4 nitrogen and oxygen atoms in total. The lowest BCUT2D eigenvalue weighted by Crippen LogP contribution is -2.46. The number of nitrogens with zero attached hydrogens (tertiary/aromatic N) is 2. The summed E-state index contributed by atoms with van der Waals surface area (Å²) in [7, 11) is 3.95. The summed E-state index contributed by atoms with van der Waals surface area (Å²) in [6.07, 6.45) is 1.39. The fourth-order valence-electron chi connectivity index (χ4n) is 2.32. The summed E-state index contributed by atoms with van der Waals surface area (Å²) in [5, 5.41) is 0. The van der Waals surface area contributed by atoms with Crippen LogP contribution in [0.4, 0.5) is 5.69 Å². The fourth-order valence-corrected chi connectivity index (χ4v) is 2.32. The quantitative estimate of drug-likeness (QED) is 0.861. The van der Waals surface area contributed by atoms with Crippen molar-refractivity contribution >= 4 is 11.6 Å². The number of benzene rings is 1. The highest BCUT2D eigenvalue weighted by Crippen LogP contribution is 2.26. The third-order valence-electron chi connectivity index (χ3n) is 3.26. The number of amides is 1. The number of para-hydroxylation sites is 1. The molecule has 1 aliphatic rings. The number of carbonyl (C=O) groups is 1. The van der Waals surface area contributed by atoms with Gasteiger partial charge in [-0.15, -0.1) is 0 Å². The highest BCUT2D eigenvalue weighted by molar-refractivity contribution is 5.94. The Bertz CT molecular complexity index is 431. The third kappa shape index (κ3) is 2.89. The van der Waals surface area contributed by atoms with Gasteiger partial charge in [0.2, 0.25) is 5.91 Å². The van der Waals surface area contributed by atoms with Gasteiger partial charge in [0.25, 0.3) is 0 Å². The minimum atomic E-state index is 0.0446. The van der Waals surface area contributed by atoms with E-state index in [1.807, 2.05) is 42.1 Å². The minimum Gasteiger partial charge on any atom is -0.326 e. The molecule has 0 bridgehead atoms. The zero-order valence-corrected chi connectivity index (χ0v) is 11.1. The van der Waals surface area contributed by atoms with Gasteiger partial charge in [0.1, 0.15) is 0 Å². The smallest absolute Gasteiger partial charge is 0.228 e.